The maximum absolute atomic E-state index is 11.2. The minimum Gasteiger partial charge on any atom is -0.493 e. The van der Waals surface area contributed by atoms with Gasteiger partial charge in [-0.2, -0.15) is 0 Å². The molecule has 1 aromatic rings. The van der Waals surface area contributed by atoms with E-state index in [1.54, 1.807) is 6.07 Å². The number of aromatic carboxylic acids is 1. The van der Waals surface area contributed by atoms with Gasteiger partial charge in [-0.05, 0) is 38.3 Å². The molecule has 1 N–H and O–H groups in total. The summed E-state index contributed by atoms with van der Waals surface area (Å²) in [5.74, 6) is 0.101. The number of hydrogen-bond acceptors (Lipinski definition) is 3. The van der Waals surface area contributed by atoms with E-state index in [-0.39, 0.29) is 5.56 Å². The predicted octanol–water partition coefficient (Wildman–Crippen LogP) is 4.69. The second-order valence-corrected chi connectivity index (χ2v) is 5.46. The Balaban J connectivity index is 2.63. The third-order valence-electron chi connectivity index (χ3n) is 3.16. The second-order valence-electron chi connectivity index (χ2n) is 5.46. The van der Waals surface area contributed by atoms with Gasteiger partial charge in [0.25, 0.3) is 0 Å². The molecule has 0 atom stereocenters. The maximum atomic E-state index is 11.2. The Morgan fingerprint density at radius 1 is 1.09 bits per heavy atom. The molecule has 1 rings (SSSR count). The Labute approximate surface area is 132 Å². The first kappa shape index (κ1) is 18.1. The van der Waals surface area contributed by atoms with Crippen LogP contribution < -0.4 is 9.47 Å². The lowest BCUT2D eigenvalue weighted by Gasteiger charge is -2.11. The summed E-state index contributed by atoms with van der Waals surface area (Å²) in [7, 11) is 0. The van der Waals surface area contributed by atoms with E-state index in [1.165, 1.54) is 12.1 Å². The molecule has 0 saturated heterocycles. The monoisotopic (exact) mass is 306 g/mol. The molecule has 4 nitrogen and oxygen atoms in total. The number of benzene rings is 1. The average molecular weight is 306 g/mol. The molecule has 0 spiro atoms. The van der Waals surface area contributed by atoms with E-state index in [4.69, 9.17) is 14.6 Å². The highest BCUT2D eigenvalue weighted by atomic mass is 16.5. The third-order valence-corrected chi connectivity index (χ3v) is 3.16. The van der Waals surface area contributed by atoms with Gasteiger partial charge < -0.3 is 14.6 Å². The first-order valence-electron chi connectivity index (χ1n) is 7.81. The smallest absolute Gasteiger partial charge is 0.335 e. The number of ether oxygens (including phenoxy) is 2. The molecule has 0 amide bonds. The number of allylic oxidation sites excluding steroid dienone is 1. The Morgan fingerprint density at radius 3 is 2.18 bits per heavy atom. The van der Waals surface area contributed by atoms with Crippen molar-refractivity contribution in [1.82, 2.24) is 0 Å². The molecular weight excluding hydrogens is 280 g/mol. The summed E-state index contributed by atoms with van der Waals surface area (Å²) in [4.78, 5) is 11.2. The van der Waals surface area contributed by atoms with Crippen LogP contribution in [0.3, 0.4) is 0 Å². The quantitative estimate of drug-likeness (QED) is 0.476. The van der Waals surface area contributed by atoms with E-state index >= 15 is 0 Å². The molecule has 0 aliphatic rings. The van der Waals surface area contributed by atoms with E-state index < -0.39 is 5.97 Å². The molecule has 122 valence electrons. The summed E-state index contributed by atoms with van der Waals surface area (Å²) in [5, 5.41) is 9.17. The molecule has 0 radical (unpaired) electrons. The summed E-state index contributed by atoms with van der Waals surface area (Å²) >= 11 is 0. The van der Waals surface area contributed by atoms with Crippen molar-refractivity contribution in [2.75, 3.05) is 13.2 Å². The van der Waals surface area contributed by atoms with E-state index in [0.717, 1.165) is 37.7 Å². The first-order chi connectivity index (χ1) is 10.5. The van der Waals surface area contributed by atoms with Crippen LogP contribution in [0.15, 0.2) is 30.4 Å². The molecule has 0 aliphatic heterocycles. The number of rotatable bonds is 11. The molecule has 0 fully saturated rings. The highest BCUT2D eigenvalue weighted by Crippen LogP contribution is 2.24. The molecule has 0 saturated carbocycles. The number of unbranched alkanes of at least 4 members (excludes halogenated alkanes) is 2. The van der Waals surface area contributed by atoms with Crippen LogP contribution in [-0.2, 0) is 0 Å². The van der Waals surface area contributed by atoms with Gasteiger partial charge in [0.05, 0.1) is 18.8 Å². The highest BCUT2D eigenvalue weighted by molar-refractivity contribution is 5.88. The van der Waals surface area contributed by atoms with Crippen LogP contribution in [0.2, 0.25) is 0 Å². The zero-order valence-corrected chi connectivity index (χ0v) is 13.6. The summed E-state index contributed by atoms with van der Waals surface area (Å²) in [6.45, 7) is 9.08. The van der Waals surface area contributed by atoms with Crippen LogP contribution in [0.25, 0.3) is 0 Å². The van der Waals surface area contributed by atoms with Crippen molar-refractivity contribution in [3.63, 3.8) is 0 Å². The van der Waals surface area contributed by atoms with Crippen molar-refractivity contribution in [3.05, 3.63) is 35.9 Å². The lowest BCUT2D eigenvalue weighted by molar-refractivity contribution is 0.0695. The topological polar surface area (TPSA) is 55.8 Å². The minimum atomic E-state index is -0.981. The van der Waals surface area contributed by atoms with Crippen LogP contribution >= 0.6 is 0 Å². The van der Waals surface area contributed by atoms with Gasteiger partial charge >= 0.3 is 5.97 Å². The number of carbonyl (C=O) groups is 1. The Kier molecular flexibility index (Phi) is 8.11. The average Bonchev–Trinajstić information content (AvgIpc) is 2.48. The van der Waals surface area contributed by atoms with Crippen LogP contribution in [-0.4, -0.2) is 24.3 Å². The molecule has 1 aromatic carbocycles. The van der Waals surface area contributed by atoms with Gasteiger partial charge in [-0.15, -0.1) is 6.58 Å². The number of carboxylic acid groups (broad SMARTS) is 1. The predicted molar refractivity (Wildman–Crippen MR) is 88.0 cm³/mol. The molecular formula is C18H26O4. The van der Waals surface area contributed by atoms with Crippen molar-refractivity contribution in [3.8, 4) is 11.5 Å². The normalized spacial score (nSPS) is 10.3. The van der Waals surface area contributed by atoms with Gasteiger partial charge in [0, 0.05) is 6.07 Å². The van der Waals surface area contributed by atoms with Gasteiger partial charge in [-0.25, -0.2) is 4.79 Å². The summed E-state index contributed by atoms with van der Waals surface area (Å²) in [6, 6.07) is 4.82. The zero-order valence-electron chi connectivity index (χ0n) is 13.6. The third kappa shape index (κ3) is 7.16. The molecule has 0 bridgehead atoms. The Morgan fingerprint density at radius 2 is 1.68 bits per heavy atom. The summed E-state index contributed by atoms with van der Waals surface area (Å²) in [6.07, 6.45) is 4.94. The maximum Gasteiger partial charge on any atom is 0.335 e. The van der Waals surface area contributed by atoms with Crippen molar-refractivity contribution in [1.29, 1.82) is 0 Å². The van der Waals surface area contributed by atoms with Crippen molar-refractivity contribution < 1.29 is 19.4 Å². The van der Waals surface area contributed by atoms with Crippen LogP contribution in [0.5, 0.6) is 11.5 Å². The number of carboxylic acids is 1. The SMILES string of the molecule is C=C(C)CCCOc1cc(OCCCCC)cc(C(=O)O)c1. The molecule has 22 heavy (non-hydrogen) atoms. The van der Waals surface area contributed by atoms with Crippen molar-refractivity contribution in [2.24, 2.45) is 0 Å². The first-order valence-corrected chi connectivity index (χ1v) is 7.81. The van der Waals surface area contributed by atoms with Crippen LogP contribution in [0.4, 0.5) is 0 Å². The fraction of sp³-hybridized carbons (Fsp3) is 0.500. The molecule has 0 unspecified atom stereocenters. The largest absolute Gasteiger partial charge is 0.493 e. The van der Waals surface area contributed by atoms with E-state index in [2.05, 4.69) is 13.5 Å². The fourth-order valence-electron chi connectivity index (χ4n) is 1.97. The van der Waals surface area contributed by atoms with Crippen molar-refractivity contribution >= 4 is 5.97 Å². The minimum absolute atomic E-state index is 0.183. The van der Waals surface area contributed by atoms with E-state index in [0.29, 0.717) is 24.7 Å². The highest BCUT2D eigenvalue weighted by Gasteiger charge is 2.09. The summed E-state index contributed by atoms with van der Waals surface area (Å²) < 4.78 is 11.3. The second kappa shape index (κ2) is 9.87. The van der Waals surface area contributed by atoms with Crippen LogP contribution in [0, 0.1) is 0 Å². The van der Waals surface area contributed by atoms with Gasteiger partial charge in [-0.3, -0.25) is 0 Å². The standard InChI is InChI=1S/C18H26O4/c1-4-5-6-9-21-16-11-15(18(19)20)12-17(13-16)22-10-7-8-14(2)3/h11-13H,2,4-10H2,1,3H3,(H,19,20). The van der Waals surface area contributed by atoms with E-state index in [1.807, 2.05) is 6.92 Å². The lowest BCUT2D eigenvalue weighted by atomic mass is 10.2. The fourth-order valence-corrected chi connectivity index (χ4v) is 1.97. The Hall–Kier alpha value is -1.97. The Bertz CT molecular complexity index is 494. The zero-order chi connectivity index (χ0) is 16.4. The summed E-state index contributed by atoms with van der Waals surface area (Å²) in [5.41, 5.74) is 1.30. The molecule has 0 heterocycles. The molecule has 0 aromatic heterocycles. The van der Waals surface area contributed by atoms with Gasteiger partial charge in [-0.1, -0.05) is 25.3 Å². The van der Waals surface area contributed by atoms with E-state index in [9.17, 15) is 4.79 Å². The lowest BCUT2D eigenvalue weighted by Crippen LogP contribution is -2.03. The van der Waals surface area contributed by atoms with Crippen molar-refractivity contribution in [2.45, 2.75) is 46.0 Å². The number of hydrogen-bond donors (Lipinski definition) is 1. The molecule has 4 heteroatoms. The van der Waals surface area contributed by atoms with Gasteiger partial charge in [0.2, 0.25) is 0 Å². The van der Waals surface area contributed by atoms with Gasteiger partial charge in [0.1, 0.15) is 11.5 Å². The van der Waals surface area contributed by atoms with Crippen LogP contribution in [0.1, 0.15) is 56.3 Å². The molecule has 0 aliphatic carbocycles. The van der Waals surface area contributed by atoms with Gasteiger partial charge in [0.15, 0.2) is 0 Å².